The quantitative estimate of drug-likeness (QED) is 0.753. The number of nitrogens with one attached hydrogen (secondary N) is 1. The van der Waals surface area contributed by atoms with Crippen LogP contribution in [-0.2, 0) is 0 Å². The largest absolute Gasteiger partial charge is 0.385 e. The van der Waals surface area contributed by atoms with Crippen LogP contribution >= 0.6 is 11.8 Å². The van der Waals surface area contributed by atoms with Gasteiger partial charge >= 0.3 is 0 Å². The van der Waals surface area contributed by atoms with E-state index in [4.69, 9.17) is 0 Å². The second kappa shape index (κ2) is 6.95. The van der Waals surface area contributed by atoms with Gasteiger partial charge < -0.3 is 5.32 Å². The minimum absolute atomic E-state index is 0.974. The van der Waals surface area contributed by atoms with E-state index in [-0.39, 0.29) is 0 Å². The first-order valence-corrected chi connectivity index (χ1v) is 7.99. The first-order chi connectivity index (χ1) is 8.38. The molecular weight excluding hydrogens is 226 g/mol. The van der Waals surface area contributed by atoms with Gasteiger partial charge in [-0.15, -0.1) is 11.8 Å². The third-order valence-electron chi connectivity index (χ3n) is 3.70. The fourth-order valence-electron chi connectivity index (χ4n) is 2.61. The lowest BCUT2D eigenvalue weighted by atomic mass is 9.87. The molecule has 1 aromatic carbocycles. The van der Waals surface area contributed by atoms with Crippen LogP contribution in [0.25, 0.3) is 0 Å². The molecule has 0 aliphatic heterocycles. The molecule has 17 heavy (non-hydrogen) atoms. The Morgan fingerprint density at radius 1 is 1.12 bits per heavy atom. The Morgan fingerprint density at radius 2 is 1.82 bits per heavy atom. The Kier molecular flexibility index (Phi) is 5.24. The molecule has 0 aromatic heterocycles. The molecule has 1 saturated carbocycles. The van der Waals surface area contributed by atoms with Crippen LogP contribution < -0.4 is 5.32 Å². The lowest BCUT2D eigenvalue weighted by molar-refractivity contribution is 0.345. The number of anilines is 1. The van der Waals surface area contributed by atoms with Crippen molar-refractivity contribution >= 4 is 17.4 Å². The summed E-state index contributed by atoms with van der Waals surface area (Å²) in [6, 6.07) is 8.75. The predicted molar refractivity (Wildman–Crippen MR) is 77.9 cm³/mol. The highest BCUT2D eigenvalue weighted by molar-refractivity contribution is 7.98. The van der Waals surface area contributed by atoms with Gasteiger partial charge in [-0.3, -0.25) is 0 Å². The molecule has 2 rings (SSSR count). The van der Waals surface area contributed by atoms with Crippen LogP contribution in [0.4, 0.5) is 5.69 Å². The van der Waals surface area contributed by atoms with Crippen LogP contribution in [0, 0.1) is 5.92 Å². The Balaban J connectivity index is 1.69. The maximum absolute atomic E-state index is 3.53. The van der Waals surface area contributed by atoms with Crippen molar-refractivity contribution in [3.63, 3.8) is 0 Å². The van der Waals surface area contributed by atoms with Crippen LogP contribution in [0.5, 0.6) is 0 Å². The Bertz CT molecular complexity index is 314. The van der Waals surface area contributed by atoms with Gasteiger partial charge in [-0.1, -0.05) is 32.1 Å². The van der Waals surface area contributed by atoms with Gasteiger partial charge in [-0.05, 0) is 42.9 Å². The lowest BCUT2D eigenvalue weighted by Crippen LogP contribution is -2.12. The first kappa shape index (κ1) is 12.8. The summed E-state index contributed by atoms with van der Waals surface area (Å²) >= 11 is 1.80. The molecule has 0 heterocycles. The maximum Gasteiger partial charge on any atom is 0.0340 e. The van der Waals surface area contributed by atoms with E-state index in [1.165, 1.54) is 49.1 Å². The zero-order chi connectivity index (χ0) is 11.9. The maximum atomic E-state index is 3.53. The minimum atomic E-state index is 0.974. The van der Waals surface area contributed by atoms with Gasteiger partial charge in [0.05, 0.1) is 0 Å². The number of hydrogen-bond donors (Lipinski definition) is 1. The summed E-state index contributed by atoms with van der Waals surface area (Å²) in [6.45, 7) is 1.13. The highest BCUT2D eigenvalue weighted by Gasteiger charge is 2.12. The molecule has 0 spiro atoms. The van der Waals surface area contributed by atoms with Gasteiger partial charge in [-0.2, -0.15) is 0 Å². The fraction of sp³-hybridized carbons (Fsp3) is 0.600. The molecule has 94 valence electrons. The number of rotatable bonds is 5. The van der Waals surface area contributed by atoms with Crippen LogP contribution in [0.1, 0.15) is 38.5 Å². The van der Waals surface area contributed by atoms with E-state index >= 15 is 0 Å². The molecule has 0 radical (unpaired) electrons. The molecule has 1 aliphatic carbocycles. The van der Waals surface area contributed by atoms with Crippen LogP contribution in [-0.4, -0.2) is 12.8 Å². The van der Waals surface area contributed by atoms with Crippen molar-refractivity contribution in [2.24, 2.45) is 5.92 Å². The summed E-state index contributed by atoms with van der Waals surface area (Å²) in [5.74, 6) is 0.974. The molecule has 1 fully saturated rings. The normalized spacial score (nSPS) is 17.0. The third kappa shape index (κ3) is 4.27. The Morgan fingerprint density at radius 3 is 2.47 bits per heavy atom. The van der Waals surface area contributed by atoms with Crippen molar-refractivity contribution < 1.29 is 0 Å². The fourth-order valence-corrected chi connectivity index (χ4v) is 3.01. The van der Waals surface area contributed by atoms with Crippen molar-refractivity contribution in [2.75, 3.05) is 18.1 Å². The highest BCUT2D eigenvalue weighted by Crippen LogP contribution is 2.26. The minimum Gasteiger partial charge on any atom is -0.385 e. The van der Waals surface area contributed by atoms with E-state index in [0.29, 0.717) is 0 Å². The van der Waals surface area contributed by atoms with Crippen molar-refractivity contribution in [2.45, 2.75) is 43.4 Å². The summed E-state index contributed by atoms with van der Waals surface area (Å²) in [6.07, 6.45) is 10.7. The second-order valence-electron chi connectivity index (χ2n) is 4.95. The van der Waals surface area contributed by atoms with Crippen LogP contribution in [0.15, 0.2) is 29.2 Å². The molecule has 0 unspecified atom stereocenters. The first-order valence-electron chi connectivity index (χ1n) is 6.76. The molecule has 0 saturated heterocycles. The van der Waals surface area contributed by atoms with Gasteiger partial charge in [0.25, 0.3) is 0 Å². The SMILES string of the molecule is CSc1ccc(NCCC2CCCCC2)cc1. The summed E-state index contributed by atoms with van der Waals surface area (Å²) in [5.41, 5.74) is 1.26. The molecular formula is C15H23NS. The average molecular weight is 249 g/mol. The monoisotopic (exact) mass is 249 g/mol. The number of hydrogen-bond acceptors (Lipinski definition) is 2. The Labute approximate surface area is 109 Å². The highest BCUT2D eigenvalue weighted by atomic mass is 32.2. The summed E-state index contributed by atoms with van der Waals surface area (Å²) in [7, 11) is 0. The second-order valence-corrected chi connectivity index (χ2v) is 5.83. The topological polar surface area (TPSA) is 12.0 Å². The predicted octanol–water partition coefficient (Wildman–Crippen LogP) is 4.79. The zero-order valence-corrected chi connectivity index (χ0v) is 11.6. The van der Waals surface area contributed by atoms with E-state index in [2.05, 4.69) is 35.8 Å². The molecule has 0 amide bonds. The third-order valence-corrected chi connectivity index (χ3v) is 4.44. The van der Waals surface area contributed by atoms with E-state index < -0.39 is 0 Å². The molecule has 2 heteroatoms. The van der Waals surface area contributed by atoms with Gasteiger partial charge in [-0.25, -0.2) is 0 Å². The standard InChI is InChI=1S/C15H23NS/c1-17-15-9-7-14(8-10-15)16-12-11-13-5-3-2-4-6-13/h7-10,13,16H,2-6,11-12H2,1H3. The average Bonchev–Trinajstić information content (AvgIpc) is 2.41. The van der Waals surface area contributed by atoms with E-state index in [9.17, 15) is 0 Å². The molecule has 1 N–H and O–H groups in total. The van der Waals surface area contributed by atoms with Crippen molar-refractivity contribution in [1.82, 2.24) is 0 Å². The van der Waals surface area contributed by atoms with Crippen LogP contribution in [0.3, 0.4) is 0 Å². The molecule has 0 atom stereocenters. The van der Waals surface area contributed by atoms with Crippen molar-refractivity contribution in [3.05, 3.63) is 24.3 Å². The van der Waals surface area contributed by atoms with E-state index in [1.54, 1.807) is 11.8 Å². The van der Waals surface area contributed by atoms with E-state index in [1.807, 2.05) is 0 Å². The van der Waals surface area contributed by atoms with Gasteiger partial charge in [0.15, 0.2) is 0 Å². The van der Waals surface area contributed by atoms with Gasteiger partial charge in [0, 0.05) is 17.1 Å². The molecule has 1 aliphatic rings. The van der Waals surface area contributed by atoms with E-state index in [0.717, 1.165) is 12.5 Å². The van der Waals surface area contributed by atoms with Crippen molar-refractivity contribution in [1.29, 1.82) is 0 Å². The summed E-state index contributed by atoms with van der Waals surface area (Å²) in [5, 5.41) is 3.53. The van der Waals surface area contributed by atoms with Crippen LogP contribution in [0.2, 0.25) is 0 Å². The number of thioether (sulfide) groups is 1. The smallest absolute Gasteiger partial charge is 0.0340 e. The zero-order valence-electron chi connectivity index (χ0n) is 10.7. The van der Waals surface area contributed by atoms with Crippen molar-refractivity contribution in [3.8, 4) is 0 Å². The molecule has 1 nitrogen and oxygen atoms in total. The van der Waals surface area contributed by atoms with Gasteiger partial charge in [0.1, 0.15) is 0 Å². The molecule has 1 aromatic rings. The number of benzene rings is 1. The van der Waals surface area contributed by atoms with Gasteiger partial charge in [0.2, 0.25) is 0 Å². The Hall–Kier alpha value is -0.630. The summed E-state index contributed by atoms with van der Waals surface area (Å²) < 4.78 is 0. The lowest BCUT2D eigenvalue weighted by Gasteiger charge is -2.21. The molecule has 0 bridgehead atoms. The summed E-state index contributed by atoms with van der Waals surface area (Å²) in [4.78, 5) is 1.34.